The van der Waals surface area contributed by atoms with Gasteiger partial charge in [0.15, 0.2) is 0 Å². The first kappa shape index (κ1) is 30.4. The first-order valence-corrected chi connectivity index (χ1v) is 15.7. The number of nitrogens with zero attached hydrogens (tertiary/aromatic N) is 2. The van der Waals surface area contributed by atoms with Crippen molar-refractivity contribution in [3.63, 3.8) is 0 Å². The van der Waals surface area contributed by atoms with Crippen LogP contribution in [0.2, 0.25) is 0 Å². The molecule has 0 heterocycles. The van der Waals surface area contributed by atoms with Crippen LogP contribution < -0.4 is 9.62 Å². The van der Waals surface area contributed by atoms with Gasteiger partial charge in [0.25, 0.3) is 0 Å². The Labute approximate surface area is 240 Å². The van der Waals surface area contributed by atoms with Crippen molar-refractivity contribution >= 4 is 43.5 Å². The van der Waals surface area contributed by atoms with E-state index < -0.39 is 28.5 Å². The van der Waals surface area contributed by atoms with Gasteiger partial charge < -0.3 is 10.2 Å². The highest BCUT2D eigenvalue weighted by Crippen LogP contribution is 2.25. The molecule has 3 rings (SSSR count). The van der Waals surface area contributed by atoms with Crippen molar-refractivity contribution in [2.75, 3.05) is 23.7 Å². The Kier molecular flexibility index (Phi) is 11.1. The predicted octanol–water partition coefficient (Wildman–Crippen LogP) is 4.94. The van der Waals surface area contributed by atoms with Gasteiger partial charge in [0.05, 0.1) is 11.9 Å². The molecule has 0 aliphatic rings. The highest BCUT2D eigenvalue weighted by atomic mass is 79.9. The summed E-state index contributed by atoms with van der Waals surface area (Å²) in [5, 5.41) is 2.94. The Hall–Kier alpha value is -3.17. The molecule has 208 valence electrons. The fourth-order valence-electron chi connectivity index (χ4n) is 4.40. The summed E-state index contributed by atoms with van der Waals surface area (Å²) in [7, 11) is -3.80. The zero-order chi connectivity index (χ0) is 28.4. The molecule has 3 aromatic carbocycles. The number of anilines is 1. The summed E-state index contributed by atoms with van der Waals surface area (Å²) >= 11 is 3.49. The monoisotopic (exact) mass is 613 g/mol. The minimum Gasteiger partial charge on any atom is -0.354 e. The highest BCUT2D eigenvalue weighted by Gasteiger charge is 2.33. The van der Waals surface area contributed by atoms with E-state index in [-0.39, 0.29) is 12.5 Å². The van der Waals surface area contributed by atoms with Crippen LogP contribution in [0.25, 0.3) is 0 Å². The van der Waals surface area contributed by atoms with Gasteiger partial charge >= 0.3 is 0 Å². The lowest BCUT2D eigenvalue weighted by Crippen LogP contribution is -2.53. The molecule has 0 aliphatic carbocycles. The minimum atomic E-state index is -3.80. The van der Waals surface area contributed by atoms with E-state index in [1.165, 1.54) is 4.90 Å². The first-order valence-electron chi connectivity index (χ1n) is 13.0. The normalized spacial score (nSPS) is 12.0. The van der Waals surface area contributed by atoms with Crippen LogP contribution in [0.4, 0.5) is 5.69 Å². The molecule has 2 amide bonds. The number of para-hydroxylation sites is 1. The molecule has 0 bridgehead atoms. The van der Waals surface area contributed by atoms with E-state index in [1.807, 2.05) is 80.6 Å². The van der Waals surface area contributed by atoms with Gasteiger partial charge in [-0.3, -0.25) is 13.9 Å². The fraction of sp³-hybridized carbons (Fsp3) is 0.333. The Bertz CT molecular complexity index is 1370. The van der Waals surface area contributed by atoms with Crippen molar-refractivity contribution in [3.8, 4) is 0 Å². The molecule has 0 saturated carbocycles. The standard InChI is InChI=1S/C30H36BrN3O4S/c1-4-18-32-30(36)28(20-23-12-7-6-8-13-23)33(21-24-14-11-16-26(31)19-24)29(35)22-34(39(3,37)38)27-17-10-9-15-25(27)5-2/h6-17,19,28H,4-5,18,20-22H2,1-3H3,(H,32,36)/t28-/m0/s1. The highest BCUT2D eigenvalue weighted by molar-refractivity contribution is 9.10. The largest absolute Gasteiger partial charge is 0.354 e. The fourth-order valence-corrected chi connectivity index (χ4v) is 5.73. The molecule has 0 aliphatic heterocycles. The molecule has 0 unspecified atom stereocenters. The SMILES string of the molecule is CCCNC(=O)[C@H](Cc1ccccc1)N(Cc1cccc(Br)c1)C(=O)CN(c1ccccc1CC)S(C)(=O)=O. The van der Waals surface area contributed by atoms with Crippen molar-refractivity contribution in [1.82, 2.24) is 10.2 Å². The number of hydrogen-bond donors (Lipinski definition) is 1. The van der Waals surface area contributed by atoms with Gasteiger partial charge in [0.2, 0.25) is 21.8 Å². The lowest BCUT2D eigenvalue weighted by atomic mass is 10.0. The van der Waals surface area contributed by atoms with Crippen molar-refractivity contribution < 1.29 is 18.0 Å². The van der Waals surface area contributed by atoms with Crippen LogP contribution >= 0.6 is 15.9 Å². The number of sulfonamides is 1. The summed E-state index contributed by atoms with van der Waals surface area (Å²) in [6.45, 7) is 4.10. The van der Waals surface area contributed by atoms with E-state index in [0.717, 1.165) is 38.1 Å². The van der Waals surface area contributed by atoms with Crippen LogP contribution in [-0.2, 0) is 39.0 Å². The molecule has 0 fully saturated rings. The van der Waals surface area contributed by atoms with E-state index in [0.29, 0.717) is 25.1 Å². The van der Waals surface area contributed by atoms with Crippen LogP contribution in [0.3, 0.4) is 0 Å². The van der Waals surface area contributed by atoms with E-state index >= 15 is 0 Å². The topological polar surface area (TPSA) is 86.8 Å². The number of aryl methyl sites for hydroxylation is 1. The molecule has 0 radical (unpaired) electrons. The van der Waals surface area contributed by atoms with Crippen molar-refractivity contribution in [2.24, 2.45) is 0 Å². The van der Waals surface area contributed by atoms with Crippen molar-refractivity contribution in [1.29, 1.82) is 0 Å². The van der Waals surface area contributed by atoms with E-state index in [1.54, 1.807) is 12.1 Å². The minimum absolute atomic E-state index is 0.141. The summed E-state index contributed by atoms with van der Waals surface area (Å²) in [5.41, 5.74) is 3.00. The third-order valence-corrected chi connectivity index (χ3v) is 8.00. The second-order valence-electron chi connectivity index (χ2n) is 9.40. The zero-order valence-electron chi connectivity index (χ0n) is 22.6. The smallest absolute Gasteiger partial charge is 0.244 e. The van der Waals surface area contributed by atoms with Gasteiger partial charge in [-0.05, 0) is 47.7 Å². The summed E-state index contributed by atoms with van der Waals surface area (Å²) in [5.74, 6) is -0.734. The zero-order valence-corrected chi connectivity index (χ0v) is 25.0. The number of carbonyl (C=O) groups is 2. The van der Waals surface area contributed by atoms with Crippen LogP contribution in [0.15, 0.2) is 83.3 Å². The molecule has 9 heteroatoms. The molecular weight excluding hydrogens is 578 g/mol. The second-order valence-corrected chi connectivity index (χ2v) is 12.2. The van der Waals surface area contributed by atoms with Crippen LogP contribution in [0, 0.1) is 0 Å². The van der Waals surface area contributed by atoms with Gasteiger partial charge in [-0.2, -0.15) is 0 Å². The van der Waals surface area contributed by atoms with Crippen molar-refractivity contribution in [2.45, 2.75) is 45.7 Å². The number of hydrogen-bond acceptors (Lipinski definition) is 4. The molecular formula is C30H36BrN3O4S. The summed E-state index contributed by atoms with van der Waals surface area (Å²) in [6, 6.07) is 23.4. The van der Waals surface area contributed by atoms with Crippen LogP contribution in [0.1, 0.15) is 37.0 Å². The molecule has 1 N–H and O–H groups in total. The number of nitrogens with one attached hydrogen (secondary N) is 1. The Morgan fingerprint density at radius 3 is 2.23 bits per heavy atom. The molecule has 7 nitrogen and oxygen atoms in total. The first-order chi connectivity index (χ1) is 18.6. The van der Waals surface area contributed by atoms with Gasteiger partial charge in [0, 0.05) is 24.0 Å². The summed E-state index contributed by atoms with van der Waals surface area (Å²) in [4.78, 5) is 29.1. The molecule has 3 aromatic rings. The Balaban J connectivity index is 2.06. The average Bonchev–Trinajstić information content (AvgIpc) is 2.92. The van der Waals surface area contributed by atoms with Crippen LogP contribution in [0.5, 0.6) is 0 Å². The Morgan fingerprint density at radius 1 is 0.923 bits per heavy atom. The quantitative estimate of drug-likeness (QED) is 0.296. The number of carbonyl (C=O) groups excluding carboxylic acids is 2. The Morgan fingerprint density at radius 2 is 1.59 bits per heavy atom. The summed E-state index contributed by atoms with van der Waals surface area (Å²) in [6.07, 6.45) is 2.74. The van der Waals surface area contributed by atoms with Crippen molar-refractivity contribution in [3.05, 3.63) is 100 Å². The summed E-state index contributed by atoms with van der Waals surface area (Å²) < 4.78 is 27.9. The number of rotatable bonds is 13. The average molecular weight is 615 g/mol. The van der Waals surface area contributed by atoms with Crippen LogP contribution in [-0.4, -0.2) is 50.5 Å². The maximum atomic E-state index is 14.1. The number of halogens is 1. The van der Waals surface area contributed by atoms with Gasteiger partial charge in [0.1, 0.15) is 12.6 Å². The predicted molar refractivity (Wildman–Crippen MR) is 160 cm³/mol. The van der Waals surface area contributed by atoms with Gasteiger partial charge in [-0.1, -0.05) is 90.4 Å². The van der Waals surface area contributed by atoms with Gasteiger partial charge in [-0.25, -0.2) is 8.42 Å². The van der Waals surface area contributed by atoms with E-state index in [9.17, 15) is 18.0 Å². The van der Waals surface area contributed by atoms with E-state index in [4.69, 9.17) is 0 Å². The number of amides is 2. The lowest BCUT2D eigenvalue weighted by molar-refractivity contribution is -0.140. The second kappa shape index (κ2) is 14.3. The van der Waals surface area contributed by atoms with E-state index in [2.05, 4.69) is 21.2 Å². The molecule has 0 saturated heterocycles. The maximum absolute atomic E-state index is 14.1. The molecule has 0 spiro atoms. The third kappa shape index (κ3) is 8.66. The van der Waals surface area contributed by atoms with Gasteiger partial charge in [-0.15, -0.1) is 0 Å². The maximum Gasteiger partial charge on any atom is 0.244 e. The number of benzene rings is 3. The third-order valence-electron chi connectivity index (χ3n) is 6.38. The molecule has 0 aromatic heterocycles. The molecule has 39 heavy (non-hydrogen) atoms. The molecule has 1 atom stereocenters. The lowest BCUT2D eigenvalue weighted by Gasteiger charge is -2.34.